The molecule has 6 aliphatic rings. The number of hydrogen-bond donors (Lipinski definition) is 17. The van der Waals surface area contributed by atoms with Crippen LogP contribution in [0, 0.1) is 5.92 Å². The number of aliphatic hydroxyl groups is 1. The van der Waals surface area contributed by atoms with E-state index in [1.165, 1.54) is 121 Å². The summed E-state index contributed by atoms with van der Waals surface area (Å²) in [6.45, 7) is 1.65. The Morgan fingerprint density at radius 1 is 0.463 bits per heavy atom. The molecule has 0 saturated heterocycles. The molecule has 5 atom stereocenters. The number of benzene rings is 5. The second-order valence-corrected chi connectivity index (χ2v) is 30.3. The summed E-state index contributed by atoms with van der Waals surface area (Å²) >= 11 is 0. The van der Waals surface area contributed by atoms with Gasteiger partial charge >= 0.3 is 11.9 Å². The van der Waals surface area contributed by atoms with Gasteiger partial charge in [0.2, 0.25) is 5.91 Å². The third kappa shape index (κ3) is 24.8. The Labute approximate surface area is 708 Å². The Kier molecular flexibility index (Phi) is 32.3. The van der Waals surface area contributed by atoms with Crippen molar-refractivity contribution in [3.8, 4) is 23.0 Å². The number of phenolic OH excluding ortho intramolecular Hbond substituents is 4. The monoisotopic (exact) mass is 1690 g/mol. The van der Waals surface area contributed by atoms with Crippen LogP contribution in [0.2, 0.25) is 0 Å². The number of carbonyl (C=O) groups is 13. The molecule has 36 heteroatoms. The standard InChI is InChI=1S/C87H103N15O21/c103-55-19-22-59-70(49-55)123-71-50-56(104)20-23-60(71)74(59)57-21-18-53(48-68(57)87(121)122)79(113)89-26-36-98(34-7-17-73(107)108)35-24-72(106)88-25-2-1-8-54-52-102-43-33-96-86(120)67-16-6-15-66(78(67)112)83(117)93-28-38-99(37-27-90-80(114)61-10-3-9-58(75(61)109)69(105)51-97-54)44-45-100-39-29-91-81(115)62-11-4-13-64(76(62)110)84(118)94-31-41-101(46-47-102)42-32-95-85(119)65-14-5-12-63(77(65)111)82(116)92-30-40-100/h3-6,9-16,18-23,48-50,54,59,70,97,103,109-112H,1-2,7-8,17,24-47,51-52H2,(H,88,106)(H,89,113)(H,90,114)(H,91,115)(H,92,116)(H,93,117)(H,94,118)(H,95,119)(H,96,120)(H,107,108)(H,121,122). The summed E-state index contributed by atoms with van der Waals surface area (Å²) in [7, 11) is 0. The van der Waals surface area contributed by atoms with Gasteiger partial charge in [-0.05, 0) is 122 Å². The molecule has 11 rings (SSSR count). The summed E-state index contributed by atoms with van der Waals surface area (Å²) in [6, 6.07) is 20.4. The summed E-state index contributed by atoms with van der Waals surface area (Å²) in [5.41, 5.74) is -0.490. The van der Waals surface area contributed by atoms with Crippen LogP contribution in [0.1, 0.15) is 148 Å². The molecule has 4 heterocycles. The number of hydrogen-bond acceptors (Lipinski definition) is 25. The van der Waals surface area contributed by atoms with Crippen LogP contribution >= 0.6 is 0 Å². The topological polar surface area (TPSA) is 509 Å². The van der Waals surface area contributed by atoms with Gasteiger partial charge in [-0.1, -0.05) is 42.8 Å². The number of para-hydroxylation sites is 4. The van der Waals surface area contributed by atoms with Crippen LogP contribution in [-0.2, 0) is 19.1 Å². The first kappa shape index (κ1) is 90.6. The lowest BCUT2D eigenvalue weighted by atomic mass is 9.77. The molecule has 0 aromatic heterocycles. The average molecular weight is 1690 g/mol. The number of phenols is 4. The van der Waals surface area contributed by atoms with Crippen molar-refractivity contribution in [2.75, 3.05) is 164 Å². The third-order valence-electron chi connectivity index (χ3n) is 22.0. The number of allylic oxidation sites excluding steroid dienone is 4. The van der Waals surface area contributed by atoms with E-state index in [-0.39, 0.29) is 267 Å². The molecule has 5 unspecified atom stereocenters. The number of aromatic carboxylic acids is 1. The molecular weight excluding hydrogens is 1590 g/mol. The number of carboxylic acid groups (broad SMARTS) is 2. The molecule has 0 fully saturated rings. The van der Waals surface area contributed by atoms with Crippen LogP contribution in [0.3, 0.4) is 0 Å². The number of carboxylic acids is 2. The van der Waals surface area contributed by atoms with E-state index in [0.717, 1.165) is 0 Å². The van der Waals surface area contributed by atoms with Gasteiger partial charge in [-0.2, -0.15) is 0 Å². The lowest BCUT2D eigenvalue weighted by Crippen LogP contribution is -2.48. The zero-order chi connectivity index (χ0) is 87.6. The quantitative estimate of drug-likeness (QED) is 0.0557. The lowest BCUT2D eigenvalue weighted by molar-refractivity contribution is -0.137. The zero-order valence-electron chi connectivity index (χ0n) is 67.9. The SMILES string of the molecule is O=C1C=CC2=C(c3ccc(C(=O)NCCN(CCCC(=O)O)CCC(=O)NCCCCC4CN5CCNC(=O)c6cccc(c6O)C(=O)NCCN(CCNC(=O)c6cccc(c6O)C(=O)CN4)CCN4CCNC(=O)c6cccc(c6O)C(=O)NCCN(CCNC(=O)c6cccc(c6O)C(=O)NCC4)CC5)cc3C(=O)O)C3C=CC(O)=CC3OC2=C1. The van der Waals surface area contributed by atoms with E-state index in [4.69, 9.17) is 4.74 Å². The van der Waals surface area contributed by atoms with Crippen molar-refractivity contribution in [1.82, 2.24) is 77.7 Å². The van der Waals surface area contributed by atoms with Gasteiger partial charge in [-0.3, -0.25) is 77.1 Å². The minimum absolute atomic E-state index is 0.00844. The minimum Gasteiger partial charge on any atom is -0.508 e. The molecule has 0 saturated carbocycles. The highest BCUT2D eigenvalue weighted by Crippen LogP contribution is 2.45. The summed E-state index contributed by atoms with van der Waals surface area (Å²) in [4.78, 5) is 187. The van der Waals surface area contributed by atoms with Crippen LogP contribution in [0.15, 0.2) is 145 Å². The Morgan fingerprint density at radius 2 is 0.911 bits per heavy atom. The van der Waals surface area contributed by atoms with Crippen LogP contribution < -0.4 is 53.2 Å². The fourth-order valence-electron chi connectivity index (χ4n) is 15.3. The van der Waals surface area contributed by atoms with Crippen LogP contribution in [0.5, 0.6) is 23.0 Å². The zero-order valence-corrected chi connectivity index (χ0v) is 67.9. The highest BCUT2D eigenvalue weighted by molar-refractivity contribution is 6.09. The van der Waals surface area contributed by atoms with Crippen molar-refractivity contribution >= 4 is 82.2 Å². The van der Waals surface area contributed by atoms with Crippen LogP contribution in [0.4, 0.5) is 0 Å². The van der Waals surface area contributed by atoms with E-state index in [1.54, 1.807) is 6.08 Å². The van der Waals surface area contributed by atoms with Gasteiger partial charge < -0.3 is 98.6 Å². The van der Waals surface area contributed by atoms with Gasteiger partial charge in [0.05, 0.1) is 56.6 Å². The van der Waals surface area contributed by atoms with Gasteiger partial charge in [0.25, 0.3) is 47.3 Å². The van der Waals surface area contributed by atoms with Crippen molar-refractivity contribution in [2.45, 2.75) is 50.7 Å². The predicted molar refractivity (Wildman–Crippen MR) is 449 cm³/mol. The maximum atomic E-state index is 14.5. The minimum atomic E-state index is -1.34. The Hall–Kier alpha value is -13.1. The first-order valence-electron chi connectivity index (χ1n) is 41.0. The number of Topliss-reactive ketones (excluding diaryl/α,β-unsaturated/α-hetero) is 1. The van der Waals surface area contributed by atoms with Crippen molar-refractivity contribution in [1.29, 1.82) is 0 Å². The van der Waals surface area contributed by atoms with E-state index in [0.29, 0.717) is 30.4 Å². The largest absolute Gasteiger partial charge is 0.508 e. The fourth-order valence-corrected chi connectivity index (χ4v) is 15.3. The Morgan fingerprint density at radius 3 is 1.37 bits per heavy atom. The van der Waals surface area contributed by atoms with E-state index in [2.05, 4.69) is 53.2 Å². The van der Waals surface area contributed by atoms with Crippen LogP contribution in [0.25, 0.3) is 5.57 Å². The predicted octanol–water partition coefficient (Wildman–Crippen LogP) is 1.88. The Bertz CT molecular complexity index is 4910. The molecule has 0 radical (unpaired) electrons. The maximum Gasteiger partial charge on any atom is 0.336 e. The number of amides is 9. The number of fused-ring (bicyclic) bond motifs is 22. The Balaban J connectivity index is 0.830. The van der Waals surface area contributed by atoms with Gasteiger partial charge in [0.15, 0.2) is 11.6 Å². The van der Waals surface area contributed by atoms with Gasteiger partial charge in [0.1, 0.15) is 40.6 Å². The highest BCUT2D eigenvalue weighted by atomic mass is 16.5. The molecule has 17 N–H and O–H groups in total. The number of aliphatic carboxylic acids is 1. The lowest BCUT2D eigenvalue weighted by Gasteiger charge is -2.36. The number of ether oxygens (including phenoxy) is 1. The van der Waals surface area contributed by atoms with Crippen molar-refractivity contribution < 1.29 is 103 Å². The molecule has 4 aliphatic heterocycles. The first-order valence-corrected chi connectivity index (χ1v) is 41.0. The molecule has 652 valence electrons. The smallest absolute Gasteiger partial charge is 0.336 e. The number of rotatable bonds is 18. The maximum absolute atomic E-state index is 14.5. The normalized spacial score (nSPS) is 21.4. The molecule has 0 spiro atoms. The van der Waals surface area contributed by atoms with Crippen molar-refractivity contribution in [3.63, 3.8) is 0 Å². The van der Waals surface area contributed by atoms with Gasteiger partial charge in [0, 0.05) is 193 Å². The number of unbranched alkanes of at least 4 members (excludes halogenated alkanes) is 1. The van der Waals surface area contributed by atoms with Crippen molar-refractivity contribution in [2.24, 2.45) is 5.92 Å². The highest BCUT2D eigenvalue weighted by Gasteiger charge is 2.38. The summed E-state index contributed by atoms with van der Waals surface area (Å²) < 4.78 is 6.07. The molecule has 2 aliphatic carbocycles. The number of aliphatic hydroxyl groups excluding tert-OH is 1. The van der Waals surface area contributed by atoms with Gasteiger partial charge in [-0.25, -0.2) is 4.79 Å². The first-order chi connectivity index (χ1) is 59.3. The molecule has 12 bridgehead atoms. The molecule has 123 heavy (non-hydrogen) atoms. The summed E-state index contributed by atoms with van der Waals surface area (Å²) in [6.07, 6.45) is 9.08. The van der Waals surface area contributed by atoms with Crippen molar-refractivity contribution in [3.05, 3.63) is 206 Å². The molecule has 36 nitrogen and oxygen atoms in total. The van der Waals surface area contributed by atoms with E-state index in [9.17, 15) is 98.1 Å². The average Bonchev–Trinajstić information content (AvgIpc) is 0.745. The molecular formula is C87H103N15O21. The molecule has 5 aromatic rings. The van der Waals surface area contributed by atoms with Gasteiger partial charge in [-0.15, -0.1) is 0 Å². The number of nitrogens with one attached hydrogen (secondary N) is 10. The number of carbonyl (C=O) groups excluding carboxylic acids is 11. The second-order valence-electron chi connectivity index (χ2n) is 30.3. The molecule has 9 amide bonds. The molecule has 5 aromatic carbocycles. The van der Waals surface area contributed by atoms with E-state index < -0.39 is 106 Å². The third-order valence-corrected chi connectivity index (χ3v) is 22.0. The summed E-state index contributed by atoms with van der Waals surface area (Å²) in [5.74, 6) is -12.0. The second kappa shape index (κ2) is 43.9. The number of aromatic hydroxyl groups is 4. The number of nitrogens with zero attached hydrogens (tertiary/aromatic N) is 5. The van der Waals surface area contributed by atoms with E-state index in [1.807, 2.05) is 24.5 Å². The summed E-state index contributed by atoms with van der Waals surface area (Å²) in [5, 5.41) is 106. The fraction of sp³-hybridized carbons (Fsp3) is 0.391. The van der Waals surface area contributed by atoms with E-state index >= 15 is 0 Å². The van der Waals surface area contributed by atoms with Crippen LogP contribution in [-0.4, -0.2) is 313 Å². The number of ketones is 2.